The van der Waals surface area contributed by atoms with Crippen molar-refractivity contribution in [1.82, 2.24) is 14.9 Å². The molecule has 0 aliphatic carbocycles. The monoisotopic (exact) mass is 366 g/mol. The topological polar surface area (TPSA) is 113 Å². The van der Waals surface area contributed by atoms with Crippen molar-refractivity contribution in [2.24, 2.45) is 5.73 Å². The SMILES string of the molecule is [C-]#[N+][C@H]1CCOC[C@@H]1n1cc(C(N)=O)c(Nc2ccc3onc(C)c3c2)n1. The lowest BCUT2D eigenvalue weighted by Crippen LogP contribution is -2.32. The molecule has 3 N–H and O–H groups in total. The number of hydrogen-bond acceptors (Lipinski definition) is 6. The molecule has 1 aliphatic rings. The number of anilines is 2. The molecule has 9 nitrogen and oxygen atoms in total. The number of aromatic nitrogens is 3. The summed E-state index contributed by atoms with van der Waals surface area (Å²) in [5, 5.41) is 12.4. The fraction of sp³-hybridized carbons (Fsp3) is 0.333. The summed E-state index contributed by atoms with van der Waals surface area (Å²) in [6.45, 7) is 10.2. The van der Waals surface area contributed by atoms with Gasteiger partial charge in [-0.25, -0.2) is 6.57 Å². The third-order valence-corrected chi connectivity index (χ3v) is 4.71. The number of nitrogens with two attached hydrogens (primary N) is 1. The van der Waals surface area contributed by atoms with E-state index < -0.39 is 5.91 Å². The van der Waals surface area contributed by atoms with Gasteiger partial charge in [-0.05, 0) is 25.1 Å². The fourth-order valence-corrected chi connectivity index (χ4v) is 3.22. The minimum atomic E-state index is -0.595. The van der Waals surface area contributed by atoms with Crippen LogP contribution in [0.3, 0.4) is 0 Å². The molecule has 1 saturated heterocycles. The Morgan fingerprint density at radius 3 is 3.11 bits per heavy atom. The average Bonchev–Trinajstić information content (AvgIpc) is 3.26. The summed E-state index contributed by atoms with van der Waals surface area (Å²) in [6.07, 6.45) is 2.21. The van der Waals surface area contributed by atoms with E-state index in [1.165, 1.54) is 0 Å². The van der Waals surface area contributed by atoms with E-state index in [0.717, 1.165) is 16.8 Å². The van der Waals surface area contributed by atoms with Crippen LogP contribution in [0.2, 0.25) is 0 Å². The van der Waals surface area contributed by atoms with Crippen LogP contribution >= 0.6 is 0 Å². The molecule has 0 bridgehead atoms. The predicted octanol–water partition coefficient (Wildman–Crippen LogP) is 2.42. The van der Waals surface area contributed by atoms with Gasteiger partial charge in [0.15, 0.2) is 11.4 Å². The third-order valence-electron chi connectivity index (χ3n) is 4.71. The Bertz CT molecular complexity index is 1050. The molecule has 0 saturated carbocycles. The molecule has 1 aliphatic heterocycles. The maximum absolute atomic E-state index is 11.9. The highest BCUT2D eigenvalue weighted by atomic mass is 16.5. The number of nitrogens with one attached hydrogen (secondary N) is 1. The number of benzene rings is 1. The summed E-state index contributed by atoms with van der Waals surface area (Å²) in [4.78, 5) is 15.6. The van der Waals surface area contributed by atoms with Gasteiger partial charge in [0.05, 0.1) is 18.9 Å². The molecule has 3 heterocycles. The summed E-state index contributed by atoms with van der Waals surface area (Å²) >= 11 is 0. The highest BCUT2D eigenvalue weighted by molar-refractivity contribution is 5.98. The van der Waals surface area contributed by atoms with Crippen LogP contribution in [0.4, 0.5) is 11.5 Å². The molecular weight excluding hydrogens is 348 g/mol. The predicted molar refractivity (Wildman–Crippen MR) is 97.6 cm³/mol. The molecule has 27 heavy (non-hydrogen) atoms. The van der Waals surface area contributed by atoms with Gasteiger partial charge in [0.2, 0.25) is 6.04 Å². The van der Waals surface area contributed by atoms with Crippen LogP contribution in [0.1, 0.15) is 28.5 Å². The van der Waals surface area contributed by atoms with Crippen LogP contribution in [-0.2, 0) is 4.74 Å². The van der Waals surface area contributed by atoms with Gasteiger partial charge in [0, 0.05) is 23.7 Å². The minimum absolute atomic E-state index is 0.247. The van der Waals surface area contributed by atoms with Gasteiger partial charge in [-0.2, -0.15) is 5.10 Å². The number of hydrogen-bond donors (Lipinski definition) is 2. The van der Waals surface area contributed by atoms with Crippen molar-refractivity contribution in [1.29, 1.82) is 0 Å². The summed E-state index contributed by atoms with van der Waals surface area (Å²) in [5.74, 6) is -0.257. The highest BCUT2D eigenvalue weighted by Crippen LogP contribution is 2.28. The molecule has 4 rings (SSSR count). The van der Waals surface area contributed by atoms with E-state index in [2.05, 4.69) is 20.4 Å². The quantitative estimate of drug-likeness (QED) is 0.686. The Kier molecular flexibility index (Phi) is 4.25. The number of aryl methyl sites for hydroxylation is 1. The third kappa shape index (κ3) is 3.11. The molecule has 0 spiro atoms. The first kappa shape index (κ1) is 17.1. The lowest BCUT2D eigenvalue weighted by molar-refractivity contribution is 0.0506. The zero-order chi connectivity index (χ0) is 19.0. The van der Waals surface area contributed by atoms with Crippen LogP contribution < -0.4 is 11.1 Å². The zero-order valence-corrected chi connectivity index (χ0v) is 14.7. The van der Waals surface area contributed by atoms with E-state index in [0.29, 0.717) is 31.0 Å². The van der Waals surface area contributed by atoms with E-state index in [-0.39, 0.29) is 17.6 Å². The van der Waals surface area contributed by atoms with Crippen LogP contribution in [0, 0.1) is 13.5 Å². The van der Waals surface area contributed by atoms with Crippen molar-refractivity contribution >= 4 is 28.4 Å². The second kappa shape index (κ2) is 6.74. The van der Waals surface area contributed by atoms with Gasteiger partial charge >= 0.3 is 0 Å². The van der Waals surface area contributed by atoms with E-state index in [1.807, 2.05) is 19.1 Å². The van der Waals surface area contributed by atoms with Crippen LogP contribution in [-0.4, -0.2) is 40.1 Å². The van der Waals surface area contributed by atoms with Gasteiger partial charge in [-0.15, -0.1) is 0 Å². The maximum Gasteiger partial charge on any atom is 0.254 e. The highest BCUT2D eigenvalue weighted by Gasteiger charge is 2.33. The molecule has 9 heteroatoms. The number of nitrogens with zero attached hydrogens (tertiary/aromatic N) is 4. The van der Waals surface area contributed by atoms with E-state index in [4.69, 9.17) is 21.6 Å². The van der Waals surface area contributed by atoms with Crippen LogP contribution in [0.5, 0.6) is 0 Å². The number of fused-ring (bicyclic) bond motifs is 1. The average molecular weight is 366 g/mol. The zero-order valence-electron chi connectivity index (χ0n) is 14.7. The second-order valence-electron chi connectivity index (χ2n) is 6.47. The summed E-state index contributed by atoms with van der Waals surface area (Å²) in [7, 11) is 0. The molecule has 1 fully saturated rings. The van der Waals surface area contributed by atoms with Crippen molar-refractivity contribution in [3.05, 3.63) is 47.1 Å². The largest absolute Gasteiger partial charge is 0.379 e. The second-order valence-corrected chi connectivity index (χ2v) is 6.47. The Morgan fingerprint density at radius 1 is 1.48 bits per heavy atom. The van der Waals surface area contributed by atoms with Crippen molar-refractivity contribution < 1.29 is 14.1 Å². The molecule has 2 atom stereocenters. The standard InChI is InChI=1S/C18H18N6O3/c1-10-12-7-11(3-4-16(12)27-23-10)21-18-13(17(19)25)8-24(22-18)15-9-26-6-5-14(15)20-2/h3-4,7-8,14-15H,5-6,9H2,1H3,(H2,19,25)(H,21,22)/t14-,15-/m0/s1. The first-order valence-electron chi connectivity index (χ1n) is 8.53. The first-order valence-corrected chi connectivity index (χ1v) is 8.53. The molecule has 1 aromatic carbocycles. The lowest BCUT2D eigenvalue weighted by atomic mass is 10.1. The van der Waals surface area contributed by atoms with Crippen LogP contribution in [0.25, 0.3) is 15.8 Å². The summed E-state index contributed by atoms with van der Waals surface area (Å²) < 4.78 is 12.3. The summed E-state index contributed by atoms with van der Waals surface area (Å²) in [5.41, 5.74) is 7.96. The van der Waals surface area contributed by atoms with Crippen molar-refractivity contribution in [2.45, 2.75) is 25.4 Å². The molecule has 0 unspecified atom stereocenters. The number of carbonyl (C=O) groups excluding carboxylic acids is 1. The van der Waals surface area contributed by atoms with E-state index in [1.54, 1.807) is 16.9 Å². The number of carbonyl (C=O) groups is 1. The van der Waals surface area contributed by atoms with Gasteiger partial charge in [0.1, 0.15) is 11.6 Å². The van der Waals surface area contributed by atoms with Crippen molar-refractivity contribution in [3.8, 4) is 0 Å². The minimum Gasteiger partial charge on any atom is -0.379 e. The maximum atomic E-state index is 11.9. The number of amides is 1. The van der Waals surface area contributed by atoms with Gasteiger partial charge in [-0.1, -0.05) is 5.16 Å². The van der Waals surface area contributed by atoms with Gasteiger partial charge in [0.25, 0.3) is 5.91 Å². The van der Waals surface area contributed by atoms with Gasteiger partial charge in [-0.3, -0.25) is 9.48 Å². The lowest BCUT2D eigenvalue weighted by Gasteiger charge is -2.23. The molecule has 0 radical (unpaired) electrons. The fourth-order valence-electron chi connectivity index (χ4n) is 3.22. The molecular formula is C18H18N6O3. The van der Waals surface area contributed by atoms with E-state index >= 15 is 0 Å². The normalized spacial score (nSPS) is 19.7. The molecule has 3 aromatic rings. The van der Waals surface area contributed by atoms with E-state index in [9.17, 15) is 4.79 Å². The number of primary amides is 1. The Hall–Kier alpha value is -3.38. The Labute approximate surface area is 154 Å². The summed E-state index contributed by atoms with van der Waals surface area (Å²) in [6, 6.07) is 4.97. The van der Waals surface area contributed by atoms with Crippen molar-refractivity contribution in [3.63, 3.8) is 0 Å². The van der Waals surface area contributed by atoms with Crippen molar-refractivity contribution in [2.75, 3.05) is 18.5 Å². The first-order chi connectivity index (χ1) is 13.1. The molecule has 1 amide bonds. The number of ether oxygens (including phenoxy) is 1. The molecule has 2 aromatic heterocycles. The number of rotatable bonds is 4. The smallest absolute Gasteiger partial charge is 0.254 e. The van der Waals surface area contributed by atoms with Gasteiger partial charge < -0.3 is 25.2 Å². The Balaban J connectivity index is 1.68. The Morgan fingerprint density at radius 2 is 2.33 bits per heavy atom. The van der Waals surface area contributed by atoms with Crippen LogP contribution in [0.15, 0.2) is 28.9 Å². The molecule has 138 valence electrons.